The molecule has 0 atom stereocenters. The molecule has 0 aliphatic carbocycles. The van der Waals surface area contributed by atoms with Crippen molar-refractivity contribution in [2.75, 3.05) is 0 Å². The summed E-state index contributed by atoms with van der Waals surface area (Å²) in [5.41, 5.74) is 13.6. The monoisotopic (exact) mass is 650 g/mol. The summed E-state index contributed by atoms with van der Waals surface area (Å²) in [6.07, 6.45) is 0. The second kappa shape index (κ2) is 10.8. The number of hydrogen-bond donors (Lipinski definition) is 0. The first-order chi connectivity index (χ1) is 25.3. The average Bonchev–Trinajstić information content (AvgIpc) is 3.85. The van der Waals surface area contributed by atoms with Crippen LogP contribution in [-0.2, 0) is 0 Å². The lowest BCUT2D eigenvalue weighted by Crippen LogP contribution is -1.95. The Morgan fingerprint density at radius 2 is 0.863 bits per heavy atom. The van der Waals surface area contributed by atoms with Crippen LogP contribution in [0.25, 0.3) is 99.2 Å². The summed E-state index contributed by atoms with van der Waals surface area (Å²) in [6, 6.07) is 65.7. The van der Waals surface area contributed by atoms with Gasteiger partial charge in [-0.15, -0.1) is 0 Å². The van der Waals surface area contributed by atoms with E-state index in [9.17, 15) is 0 Å². The Bertz CT molecular complexity index is 3130. The number of rotatable bonds is 4. The third-order valence-electron chi connectivity index (χ3n) is 10.5. The summed E-state index contributed by atoms with van der Waals surface area (Å²) in [5, 5.41) is 7.20. The number of hydrogen-bond acceptors (Lipinski definition) is 1. The van der Waals surface area contributed by atoms with E-state index in [-0.39, 0.29) is 0 Å². The summed E-state index contributed by atoms with van der Waals surface area (Å²) in [5.74, 6) is 0. The molecule has 51 heavy (non-hydrogen) atoms. The SMILES string of the molecule is c1ccc(-c2cc3c(cc2-c2ccc4c5ccccc5n(-c5ccc6oc7ccccc7c6c5)c4c2)c2ccccc2n3-c2ccccc2)cc1. The van der Waals surface area contributed by atoms with Crippen LogP contribution in [0.4, 0.5) is 0 Å². The van der Waals surface area contributed by atoms with Gasteiger partial charge >= 0.3 is 0 Å². The van der Waals surface area contributed by atoms with Gasteiger partial charge in [0, 0.05) is 43.7 Å². The molecule has 3 aromatic heterocycles. The molecule has 0 saturated carbocycles. The minimum Gasteiger partial charge on any atom is -0.456 e. The van der Waals surface area contributed by atoms with Gasteiger partial charge < -0.3 is 13.6 Å². The number of para-hydroxylation sites is 4. The summed E-state index contributed by atoms with van der Waals surface area (Å²) >= 11 is 0. The Kier molecular flexibility index (Phi) is 5.96. The third-order valence-corrected chi connectivity index (χ3v) is 10.5. The Morgan fingerprint density at radius 3 is 1.65 bits per heavy atom. The average molecular weight is 651 g/mol. The largest absolute Gasteiger partial charge is 0.456 e. The predicted molar refractivity (Wildman–Crippen MR) is 213 cm³/mol. The van der Waals surface area contributed by atoms with Crippen molar-refractivity contribution in [2.45, 2.75) is 0 Å². The maximum atomic E-state index is 6.22. The van der Waals surface area contributed by atoms with E-state index in [1.165, 1.54) is 65.9 Å². The second-order valence-corrected chi connectivity index (χ2v) is 13.3. The fourth-order valence-corrected chi connectivity index (χ4v) is 8.24. The third kappa shape index (κ3) is 4.19. The van der Waals surface area contributed by atoms with E-state index in [1.54, 1.807) is 0 Å². The molecule has 0 unspecified atom stereocenters. The lowest BCUT2D eigenvalue weighted by atomic mass is 9.92. The van der Waals surface area contributed by atoms with Crippen LogP contribution in [0.5, 0.6) is 0 Å². The highest BCUT2D eigenvalue weighted by molar-refractivity contribution is 6.14. The Labute approximate surface area is 293 Å². The van der Waals surface area contributed by atoms with Crippen LogP contribution in [0.3, 0.4) is 0 Å². The molecule has 0 radical (unpaired) electrons. The van der Waals surface area contributed by atoms with Gasteiger partial charge in [-0.1, -0.05) is 115 Å². The number of fused-ring (bicyclic) bond motifs is 9. The van der Waals surface area contributed by atoms with E-state index < -0.39 is 0 Å². The summed E-state index contributed by atoms with van der Waals surface area (Å²) in [4.78, 5) is 0. The van der Waals surface area contributed by atoms with Gasteiger partial charge in [-0.3, -0.25) is 0 Å². The van der Waals surface area contributed by atoms with Crippen LogP contribution < -0.4 is 0 Å². The summed E-state index contributed by atoms with van der Waals surface area (Å²) in [7, 11) is 0. The molecule has 0 fully saturated rings. The molecule has 0 spiro atoms. The van der Waals surface area contributed by atoms with E-state index in [1.807, 2.05) is 12.1 Å². The van der Waals surface area contributed by atoms with Crippen molar-refractivity contribution in [3.63, 3.8) is 0 Å². The Morgan fingerprint density at radius 1 is 0.294 bits per heavy atom. The van der Waals surface area contributed by atoms with Crippen molar-refractivity contribution in [3.05, 3.63) is 182 Å². The van der Waals surface area contributed by atoms with Gasteiger partial charge in [0.1, 0.15) is 11.2 Å². The van der Waals surface area contributed by atoms with Crippen LogP contribution in [0, 0.1) is 0 Å². The zero-order chi connectivity index (χ0) is 33.5. The molecule has 0 saturated heterocycles. The smallest absolute Gasteiger partial charge is 0.135 e. The topological polar surface area (TPSA) is 23.0 Å². The van der Waals surface area contributed by atoms with Crippen molar-refractivity contribution in [1.29, 1.82) is 0 Å². The molecule has 3 heterocycles. The molecular formula is C48H30N2O. The highest BCUT2D eigenvalue weighted by atomic mass is 16.3. The van der Waals surface area contributed by atoms with Gasteiger partial charge in [0.25, 0.3) is 0 Å². The molecule has 8 aromatic carbocycles. The molecule has 3 heteroatoms. The first-order valence-corrected chi connectivity index (χ1v) is 17.4. The van der Waals surface area contributed by atoms with Crippen molar-refractivity contribution >= 4 is 65.6 Å². The summed E-state index contributed by atoms with van der Waals surface area (Å²) < 4.78 is 11.0. The van der Waals surface area contributed by atoms with Gasteiger partial charge in [-0.2, -0.15) is 0 Å². The number of aromatic nitrogens is 2. The fraction of sp³-hybridized carbons (Fsp3) is 0. The molecule has 11 rings (SSSR count). The van der Waals surface area contributed by atoms with Gasteiger partial charge in [-0.05, 0) is 89.0 Å². The predicted octanol–water partition coefficient (Wildman–Crippen LogP) is 13.1. The van der Waals surface area contributed by atoms with Crippen molar-refractivity contribution in [2.24, 2.45) is 0 Å². The zero-order valence-corrected chi connectivity index (χ0v) is 27.6. The minimum absolute atomic E-state index is 0.900. The van der Waals surface area contributed by atoms with Crippen LogP contribution in [0.2, 0.25) is 0 Å². The summed E-state index contributed by atoms with van der Waals surface area (Å²) in [6.45, 7) is 0. The Hall–Kier alpha value is -6.84. The number of benzene rings is 8. The van der Waals surface area contributed by atoms with E-state index >= 15 is 0 Å². The van der Waals surface area contributed by atoms with E-state index in [0.717, 1.165) is 33.3 Å². The van der Waals surface area contributed by atoms with E-state index in [4.69, 9.17) is 4.42 Å². The maximum absolute atomic E-state index is 6.22. The maximum Gasteiger partial charge on any atom is 0.135 e. The lowest BCUT2D eigenvalue weighted by Gasteiger charge is -2.14. The van der Waals surface area contributed by atoms with Gasteiger partial charge in [0.2, 0.25) is 0 Å². The van der Waals surface area contributed by atoms with Crippen LogP contribution in [0.15, 0.2) is 186 Å². The molecule has 0 aliphatic heterocycles. The van der Waals surface area contributed by atoms with Crippen molar-refractivity contribution < 1.29 is 4.42 Å². The standard InChI is InChI=1S/C48H30N2O/c1-3-13-31(14-4-1)40-30-46-41(36-18-8-11-21-44(36)49(46)33-15-5-2-6-16-33)29-39(40)32-23-25-37-35-17-7-10-20-43(35)50(45(37)27-32)34-24-26-48-42(28-34)38-19-9-12-22-47(38)51-48/h1-30H. The van der Waals surface area contributed by atoms with E-state index in [2.05, 4.69) is 179 Å². The minimum atomic E-state index is 0.900. The Balaban J connectivity index is 1.21. The van der Waals surface area contributed by atoms with Gasteiger partial charge in [-0.25, -0.2) is 0 Å². The normalized spacial score (nSPS) is 11.9. The van der Waals surface area contributed by atoms with E-state index in [0.29, 0.717) is 0 Å². The molecule has 0 aliphatic rings. The molecule has 0 N–H and O–H groups in total. The first-order valence-electron chi connectivity index (χ1n) is 17.4. The molecule has 238 valence electrons. The molecule has 0 amide bonds. The fourth-order valence-electron chi connectivity index (χ4n) is 8.24. The lowest BCUT2D eigenvalue weighted by molar-refractivity contribution is 0.669. The van der Waals surface area contributed by atoms with Crippen LogP contribution >= 0.6 is 0 Å². The first kappa shape index (κ1) is 28.0. The van der Waals surface area contributed by atoms with Crippen molar-refractivity contribution in [1.82, 2.24) is 9.13 Å². The number of furan rings is 1. The molecule has 3 nitrogen and oxygen atoms in total. The molecule has 0 bridgehead atoms. The van der Waals surface area contributed by atoms with Crippen molar-refractivity contribution in [3.8, 4) is 33.6 Å². The number of nitrogens with zero attached hydrogens (tertiary/aromatic N) is 2. The molecular weight excluding hydrogens is 621 g/mol. The zero-order valence-electron chi connectivity index (χ0n) is 27.6. The van der Waals surface area contributed by atoms with Crippen LogP contribution in [0.1, 0.15) is 0 Å². The highest BCUT2D eigenvalue weighted by Gasteiger charge is 2.20. The highest BCUT2D eigenvalue weighted by Crippen LogP contribution is 2.43. The van der Waals surface area contributed by atoms with Gasteiger partial charge in [0.05, 0.1) is 22.1 Å². The van der Waals surface area contributed by atoms with Crippen LogP contribution in [-0.4, -0.2) is 9.13 Å². The quantitative estimate of drug-likeness (QED) is 0.186. The van der Waals surface area contributed by atoms with Gasteiger partial charge in [0.15, 0.2) is 0 Å². The second-order valence-electron chi connectivity index (χ2n) is 13.3. The molecule has 11 aromatic rings.